The molecule has 4 nitrogen and oxygen atoms in total. The SMILES string of the molecule is CC(C)(C)N1c2cc(C3CC3)c(Cl)cc2NS1(=O)=O. The maximum Gasteiger partial charge on any atom is 0.324 e. The summed E-state index contributed by atoms with van der Waals surface area (Å²) in [7, 11) is -3.52. The Morgan fingerprint density at radius 2 is 1.95 bits per heavy atom. The van der Waals surface area contributed by atoms with Crippen molar-refractivity contribution in [2.45, 2.75) is 45.1 Å². The number of benzene rings is 1. The second-order valence-electron chi connectivity index (χ2n) is 6.21. The first kappa shape index (κ1) is 13.1. The van der Waals surface area contributed by atoms with E-state index in [9.17, 15) is 8.42 Å². The van der Waals surface area contributed by atoms with Crippen LogP contribution >= 0.6 is 11.6 Å². The number of rotatable bonds is 1. The minimum Gasteiger partial charge on any atom is -0.264 e. The van der Waals surface area contributed by atoms with E-state index in [1.165, 1.54) is 4.31 Å². The molecular weight excluding hydrogens is 284 g/mol. The zero-order valence-corrected chi connectivity index (χ0v) is 12.8. The highest BCUT2D eigenvalue weighted by atomic mass is 35.5. The first-order chi connectivity index (χ1) is 8.70. The Morgan fingerprint density at radius 1 is 1.32 bits per heavy atom. The molecule has 1 heterocycles. The Morgan fingerprint density at radius 3 is 2.47 bits per heavy atom. The van der Waals surface area contributed by atoms with Crippen molar-refractivity contribution >= 4 is 33.2 Å². The molecule has 0 bridgehead atoms. The smallest absolute Gasteiger partial charge is 0.264 e. The van der Waals surface area contributed by atoms with Crippen LogP contribution in [0.4, 0.5) is 11.4 Å². The summed E-state index contributed by atoms with van der Waals surface area (Å²) in [6, 6.07) is 3.66. The predicted molar refractivity (Wildman–Crippen MR) is 78.2 cm³/mol. The Kier molecular flexibility index (Phi) is 2.61. The van der Waals surface area contributed by atoms with Crippen molar-refractivity contribution in [1.29, 1.82) is 0 Å². The van der Waals surface area contributed by atoms with Crippen molar-refractivity contribution in [1.82, 2.24) is 0 Å². The van der Waals surface area contributed by atoms with Gasteiger partial charge in [0.05, 0.1) is 11.4 Å². The third-order valence-electron chi connectivity index (χ3n) is 3.44. The molecular formula is C13H17ClN2O2S. The lowest BCUT2D eigenvalue weighted by Crippen LogP contribution is -2.44. The lowest BCUT2D eigenvalue weighted by atomic mass is 10.0. The second kappa shape index (κ2) is 3.79. The summed E-state index contributed by atoms with van der Waals surface area (Å²) in [5, 5.41) is 0.653. The molecule has 1 fully saturated rings. The molecule has 3 rings (SSSR count). The van der Waals surface area contributed by atoms with E-state index in [0.29, 0.717) is 22.3 Å². The van der Waals surface area contributed by atoms with Crippen molar-refractivity contribution in [2.75, 3.05) is 9.03 Å². The van der Waals surface area contributed by atoms with Crippen molar-refractivity contribution in [3.05, 3.63) is 22.7 Å². The maximum absolute atomic E-state index is 12.2. The van der Waals surface area contributed by atoms with Crippen molar-refractivity contribution in [2.24, 2.45) is 0 Å². The molecule has 1 aliphatic heterocycles. The van der Waals surface area contributed by atoms with Gasteiger partial charge in [0.2, 0.25) is 0 Å². The van der Waals surface area contributed by atoms with Gasteiger partial charge in [0.1, 0.15) is 0 Å². The fraction of sp³-hybridized carbons (Fsp3) is 0.538. The zero-order chi connectivity index (χ0) is 14.0. The molecule has 2 aliphatic rings. The van der Waals surface area contributed by atoms with Gasteiger partial charge in [-0.1, -0.05) is 11.6 Å². The molecule has 1 N–H and O–H groups in total. The van der Waals surface area contributed by atoms with Crippen LogP contribution in [0.25, 0.3) is 0 Å². The minimum absolute atomic E-state index is 0.489. The van der Waals surface area contributed by atoms with Crippen LogP contribution in [-0.2, 0) is 10.2 Å². The fourth-order valence-electron chi connectivity index (χ4n) is 2.57. The van der Waals surface area contributed by atoms with Gasteiger partial charge in [-0.3, -0.25) is 4.72 Å². The third kappa shape index (κ3) is 2.09. The first-order valence-electron chi connectivity index (χ1n) is 6.37. The standard InChI is InChI=1S/C13H17ClN2O2S/c1-13(2,3)16-12-6-9(8-4-5-8)10(14)7-11(12)15-19(16,17)18/h6-8,15H,4-5H2,1-3H3. The van der Waals surface area contributed by atoms with Crippen LogP contribution in [0.3, 0.4) is 0 Å². The molecule has 0 amide bonds. The summed E-state index contributed by atoms with van der Waals surface area (Å²) in [4.78, 5) is 0. The van der Waals surface area contributed by atoms with Gasteiger partial charge in [-0.25, -0.2) is 4.31 Å². The molecule has 19 heavy (non-hydrogen) atoms. The van der Waals surface area contributed by atoms with Gasteiger partial charge in [-0.2, -0.15) is 8.42 Å². The summed E-state index contributed by atoms with van der Waals surface area (Å²) in [6.07, 6.45) is 2.27. The number of anilines is 2. The van der Waals surface area contributed by atoms with Crippen LogP contribution in [0.1, 0.15) is 45.1 Å². The predicted octanol–water partition coefficient (Wildman–Crippen LogP) is 3.49. The van der Waals surface area contributed by atoms with E-state index in [1.807, 2.05) is 26.8 Å². The van der Waals surface area contributed by atoms with Gasteiger partial charge in [0.15, 0.2) is 0 Å². The molecule has 0 radical (unpaired) electrons. The highest BCUT2D eigenvalue weighted by molar-refractivity contribution is 7.94. The molecule has 1 aliphatic carbocycles. The molecule has 6 heteroatoms. The van der Waals surface area contributed by atoms with Crippen molar-refractivity contribution in [3.8, 4) is 0 Å². The average molecular weight is 301 g/mol. The molecule has 104 valence electrons. The summed E-state index contributed by atoms with van der Waals surface area (Å²) < 4.78 is 28.5. The first-order valence-corrected chi connectivity index (χ1v) is 8.18. The molecule has 0 aromatic heterocycles. The normalized spacial score (nSPS) is 21.2. The molecule has 1 aromatic rings. The van der Waals surface area contributed by atoms with E-state index >= 15 is 0 Å². The Hall–Kier alpha value is -0.940. The summed E-state index contributed by atoms with van der Waals surface area (Å²) in [5.74, 6) is 0.489. The van der Waals surface area contributed by atoms with Crippen LogP contribution in [0.5, 0.6) is 0 Å². The van der Waals surface area contributed by atoms with Crippen LogP contribution in [0, 0.1) is 0 Å². The number of hydrogen-bond donors (Lipinski definition) is 1. The maximum atomic E-state index is 12.2. The number of nitrogens with one attached hydrogen (secondary N) is 1. The second-order valence-corrected chi connectivity index (χ2v) is 8.13. The van der Waals surface area contributed by atoms with Crippen LogP contribution < -0.4 is 9.03 Å². The van der Waals surface area contributed by atoms with E-state index in [4.69, 9.17) is 11.6 Å². The zero-order valence-electron chi connectivity index (χ0n) is 11.2. The molecule has 1 aromatic carbocycles. The van der Waals surface area contributed by atoms with Gasteiger partial charge >= 0.3 is 10.2 Å². The highest BCUT2D eigenvalue weighted by Gasteiger charge is 2.41. The topological polar surface area (TPSA) is 49.4 Å². The van der Waals surface area contributed by atoms with Gasteiger partial charge in [0, 0.05) is 10.6 Å². The molecule has 0 spiro atoms. The molecule has 0 unspecified atom stereocenters. The minimum atomic E-state index is -3.52. The van der Waals surface area contributed by atoms with E-state index in [0.717, 1.165) is 18.4 Å². The van der Waals surface area contributed by atoms with Gasteiger partial charge in [-0.05, 0) is 57.2 Å². The Balaban J connectivity index is 2.18. The van der Waals surface area contributed by atoms with E-state index in [2.05, 4.69) is 4.72 Å². The van der Waals surface area contributed by atoms with Gasteiger partial charge in [-0.15, -0.1) is 0 Å². The summed E-state index contributed by atoms with van der Waals surface area (Å²) >= 11 is 6.24. The van der Waals surface area contributed by atoms with E-state index < -0.39 is 15.7 Å². The third-order valence-corrected chi connectivity index (χ3v) is 5.47. The monoisotopic (exact) mass is 300 g/mol. The van der Waals surface area contributed by atoms with Crippen molar-refractivity contribution in [3.63, 3.8) is 0 Å². The Labute approximate surface area is 118 Å². The molecule has 1 saturated carbocycles. The Bertz CT molecular complexity index is 645. The lowest BCUT2D eigenvalue weighted by molar-refractivity contribution is 0.543. The van der Waals surface area contributed by atoms with Gasteiger partial charge < -0.3 is 0 Å². The number of halogens is 1. The van der Waals surface area contributed by atoms with Crippen LogP contribution in [-0.4, -0.2) is 14.0 Å². The van der Waals surface area contributed by atoms with E-state index in [1.54, 1.807) is 6.07 Å². The average Bonchev–Trinajstić information content (AvgIpc) is 2.98. The highest BCUT2D eigenvalue weighted by Crippen LogP contribution is 2.49. The largest absolute Gasteiger partial charge is 0.324 e. The quantitative estimate of drug-likeness (QED) is 0.863. The van der Waals surface area contributed by atoms with Crippen LogP contribution in [0.2, 0.25) is 5.02 Å². The number of nitrogens with zero attached hydrogens (tertiary/aromatic N) is 1. The summed E-state index contributed by atoms with van der Waals surface area (Å²) in [5.41, 5.74) is 1.84. The van der Waals surface area contributed by atoms with Crippen LogP contribution in [0.15, 0.2) is 12.1 Å². The number of hydrogen-bond acceptors (Lipinski definition) is 2. The van der Waals surface area contributed by atoms with Crippen molar-refractivity contribution < 1.29 is 8.42 Å². The lowest BCUT2D eigenvalue weighted by Gasteiger charge is -2.31. The van der Waals surface area contributed by atoms with Gasteiger partial charge in [0.25, 0.3) is 0 Å². The fourth-order valence-corrected chi connectivity index (χ4v) is 4.55. The summed E-state index contributed by atoms with van der Waals surface area (Å²) in [6.45, 7) is 5.65. The van der Waals surface area contributed by atoms with E-state index in [-0.39, 0.29) is 0 Å². The molecule has 0 atom stereocenters. The number of fused-ring (bicyclic) bond motifs is 1. The molecule has 0 saturated heterocycles.